The molecule has 3 rings (SSSR count). The van der Waals surface area contributed by atoms with Crippen LogP contribution >= 0.6 is 0 Å². The lowest BCUT2D eigenvalue weighted by molar-refractivity contribution is 0.0524. The first-order valence-electron chi connectivity index (χ1n) is 9.65. The Morgan fingerprint density at radius 3 is 2.21 bits per heavy atom. The van der Waals surface area contributed by atoms with Gasteiger partial charge in [0, 0.05) is 12.2 Å². The van der Waals surface area contributed by atoms with E-state index in [9.17, 15) is 9.59 Å². The van der Waals surface area contributed by atoms with Crippen LogP contribution in [0.15, 0.2) is 72.8 Å². The van der Waals surface area contributed by atoms with Gasteiger partial charge >= 0.3 is 5.97 Å². The van der Waals surface area contributed by atoms with E-state index in [-0.39, 0.29) is 5.91 Å². The minimum atomic E-state index is -0.430. The zero-order chi connectivity index (χ0) is 20.6. The minimum Gasteiger partial charge on any atom is -0.462 e. The van der Waals surface area contributed by atoms with Gasteiger partial charge in [0.2, 0.25) is 0 Å². The van der Waals surface area contributed by atoms with Gasteiger partial charge in [0.15, 0.2) is 0 Å². The van der Waals surface area contributed by atoms with Gasteiger partial charge in [-0.3, -0.25) is 4.79 Å². The van der Waals surface area contributed by atoms with Crippen LogP contribution in [0.2, 0.25) is 0 Å². The summed E-state index contributed by atoms with van der Waals surface area (Å²) in [5, 5.41) is 0. The third-order valence-corrected chi connectivity index (χ3v) is 4.58. The van der Waals surface area contributed by atoms with Gasteiger partial charge in [-0.05, 0) is 50.1 Å². The van der Waals surface area contributed by atoms with Crippen LogP contribution in [0.3, 0.4) is 0 Å². The Balaban J connectivity index is 1.86. The molecule has 0 saturated carbocycles. The predicted molar refractivity (Wildman–Crippen MR) is 113 cm³/mol. The zero-order valence-electron chi connectivity index (χ0n) is 16.7. The van der Waals surface area contributed by atoms with Gasteiger partial charge in [-0.1, -0.05) is 48.5 Å². The maximum Gasteiger partial charge on any atom is 0.339 e. The predicted octanol–water partition coefficient (Wildman–Crippen LogP) is 4.46. The number of nitrogens with zero attached hydrogens (tertiary/aromatic N) is 2. The number of hydrogen-bond acceptors (Lipinski definition) is 4. The summed E-state index contributed by atoms with van der Waals surface area (Å²) in [6.07, 6.45) is 0.724. The number of carbonyl (C=O) groups excluding carboxylic acids is 2. The van der Waals surface area contributed by atoms with Crippen molar-refractivity contribution in [3.05, 3.63) is 95.3 Å². The van der Waals surface area contributed by atoms with E-state index in [0.29, 0.717) is 30.1 Å². The van der Waals surface area contributed by atoms with E-state index in [4.69, 9.17) is 4.74 Å². The number of rotatable bonds is 7. The van der Waals surface area contributed by atoms with E-state index in [1.807, 2.05) is 60.7 Å². The van der Waals surface area contributed by atoms with E-state index in [2.05, 4.69) is 4.98 Å². The molecule has 0 atom stereocenters. The number of esters is 1. The molecular weight excluding hydrogens is 364 g/mol. The number of aromatic nitrogens is 1. The summed E-state index contributed by atoms with van der Waals surface area (Å²) in [4.78, 5) is 31.4. The molecule has 5 heteroatoms. The van der Waals surface area contributed by atoms with Crippen LogP contribution in [-0.4, -0.2) is 30.0 Å². The van der Waals surface area contributed by atoms with Crippen molar-refractivity contribution in [1.29, 1.82) is 0 Å². The number of para-hydroxylation sites is 1. The molecule has 0 fully saturated rings. The Kier molecular flexibility index (Phi) is 6.74. The zero-order valence-corrected chi connectivity index (χ0v) is 16.7. The monoisotopic (exact) mass is 388 g/mol. The van der Waals surface area contributed by atoms with Gasteiger partial charge < -0.3 is 9.64 Å². The van der Waals surface area contributed by atoms with E-state index in [0.717, 1.165) is 17.7 Å². The molecule has 0 saturated heterocycles. The Hall–Kier alpha value is -3.47. The lowest BCUT2D eigenvalue weighted by Crippen LogP contribution is -2.33. The fraction of sp³-hybridized carbons (Fsp3) is 0.208. The number of anilines is 1. The Morgan fingerprint density at radius 2 is 1.59 bits per heavy atom. The highest BCUT2D eigenvalue weighted by Gasteiger charge is 2.21. The van der Waals surface area contributed by atoms with Crippen LogP contribution in [0, 0.1) is 6.92 Å². The standard InChI is InChI=1S/C24H24N2O3/c1-3-29-24(28)21-14-15-22(25-18(21)2)23(27)26(20-12-8-5-9-13-20)17-16-19-10-6-4-7-11-19/h4-15H,3,16-17H2,1-2H3. The lowest BCUT2D eigenvalue weighted by Gasteiger charge is -2.23. The van der Waals surface area contributed by atoms with Crippen LogP contribution in [0.25, 0.3) is 0 Å². The number of benzene rings is 2. The summed E-state index contributed by atoms with van der Waals surface area (Å²) in [5.41, 5.74) is 3.11. The minimum absolute atomic E-state index is 0.203. The molecule has 2 aromatic carbocycles. The molecule has 0 bridgehead atoms. The second-order valence-electron chi connectivity index (χ2n) is 6.58. The second kappa shape index (κ2) is 9.64. The molecular formula is C24H24N2O3. The van der Waals surface area contributed by atoms with Gasteiger partial charge in [-0.25, -0.2) is 9.78 Å². The van der Waals surface area contributed by atoms with Crippen molar-refractivity contribution in [2.24, 2.45) is 0 Å². The molecule has 1 heterocycles. The lowest BCUT2D eigenvalue weighted by atomic mass is 10.1. The summed E-state index contributed by atoms with van der Waals surface area (Å²) in [6, 6.07) is 22.8. The van der Waals surface area contributed by atoms with Crippen LogP contribution in [0.4, 0.5) is 5.69 Å². The summed E-state index contributed by atoms with van der Waals surface area (Å²) in [5.74, 6) is -0.633. The molecule has 0 aliphatic heterocycles. The molecule has 0 radical (unpaired) electrons. The first-order valence-corrected chi connectivity index (χ1v) is 9.65. The van der Waals surface area contributed by atoms with Crippen LogP contribution < -0.4 is 4.90 Å². The largest absolute Gasteiger partial charge is 0.462 e. The number of pyridine rings is 1. The molecule has 0 spiro atoms. The summed E-state index contributed by atoms with van der Waals surface area (Å²) >= 11 is 0. The molecule has 0 N–H and O–H groups in total. The van der Waals surface area contributed by atoms with Gasteiger partial charge in [0.05, 0.1) is 17.9 Å². The smallest absolute Gasteiger partial charge is 0.339 e. The van der Waals surface area contributed by atoms with Crippen molar-refractivity contribution in [1.82, 2.24) is 4.98 Å². The van der Waals surface area contributed by atoms with E-state index in [1.165, 1.54) is 0 Å². The molecule has 0 unspecified atom stereocenters. The molecule has 1 amide bonds. The Labute approximate surface area is 171 Å². The molecule has 0 aliphatic rings. The molecule has 1 aromatic heterocycles. The van der Waals surface area contributed by atoms with Gasteiger partial charge in [-0.15, -0.1) is 0 Å². The van der Waals surface area contributed by atoms with Gasteiger partial charge in [0.1, 0.15) is 5.69 Å². The number of ether oxygens (including phenoxy) is 1. The molecule has 148 valence electrons. The van der Waals surface area contributed by atoms with E-state index >= 15 is 0 Å². The number of hydrogen-bond donors (Lipinski definition) is 0. The van der Waals surface area contributed by atoms with Gasteiger partial charge in [0.25, 0.3) is 5.91 Å². The highest BCUT2D eigenvalue weighted by Crippen LogP contribution is 2.18. The third-order valence-electron chi connectivity index (χ3n) is 4.58. The highest BCUT2D eigenvalue weighted by atomic mass is 16.5. The van der Waals surface area contributed by atoms with Crippen molar-refractivity contribution in [2.75, 3.05) is 18.1 Å². The number of amides is 1. The molecule has 3 aromatic rings. The molecule has 29 heavy (non-hydrogen) atoms. The first kappa shape index (κ1) is 20.3. The van der Waals surface area contributed by atoms with Crippen LogP contribution in [0.1, 0.15) is 39.0 Å². The van der Waals surface area contributed by atoms with Crippen LogP contribution in [0.5, 0.6) is 0 Å². The fourth-order valence-electron chi connectivity index (χ4n) is 3.08. The van der Waals surface area contributed by atoms with Crippen molar-refractivity contribution < 1.29 is 14.3 Å². The van der Waals surface area contributed by atoms with Crippen LogP contribution in [-0.2, 0) is 11.2 Å². The van der Waals surface area contributed by atoms with E-state index < -0.39 is 5.97 Å². The summed E-state index contributed by atoms with van der Waals surface area (Å²) in [7, 11) is 0. The first-order chi connectivity index (χ1) is 14.1. The van der Waals surface area contributed by atoms with Crippen molar-refractivity contribution in [3.8, 4) is 0 Å². The maximum atomic E-state index is 13.3. The fourth-order valence-corrected chi connectivity index (χ4v) is 3.08. The second-order valence-corrected chi connectivity index (χ2v) is 6.58. The van der Waals surface area contributed by atoms with Crippen molar-refractivity contribution in [3.63, 3.8) is 0 Å². The topological polar surface area (TPSA) is 59.5 Å². The summed E-state index contributed by atoms with van der Waals surface area (Å²) in [6.45, 7) is 4.27. The third kappa shape index (κ3) is 5.08. The van der Waals surface area contributed by atoms with Gasteiger partial charge in [-0.2, -0.15) is 0 Å². The van der Waals surface area contributed by atoms with Crippen molar-refractivity contribution in [2.45, 2.75) is 20.3 Å². The maximum absolute atomic E-state index is 13.3. The number of aryl methyl sites for hydroxylation is 1. The average Bonchev–Trinajstić information content (AvgIpc) is 2.75. The molecule has 5 nitrogen and oxygen atoms in total. The van der Waals surface area contributed by atoms with Crippen molar-refractivity contribution >= 4 is 17.6 Å². The Morgan fingerprint density at radius 1 is 0.931 bits per heavy atom. The number of carbonyl (C=O) groups is 2. The molecule has 0 aliphatic carbocycles. The average molecular weight is 388 g/mol. The summed E-state index contributed by atoms with van der Waals surface area (Å²) < 4.78 is 5.04. The van der Waals surface area contributed by atoms with E-state index in [1.54, 1.807) is 30.9 Å². The SMILES string of the molecule is CCOC(=O)c1ccc(C(=O)N(CCc2ccccc2)c2ccccc2)nc1C. The Bertz CT molecular complexity index is 972. The quantitative estimate of drug-likeness (QED) is 0.561. The highest BCUT2D eigenvalue weighted by molar-refractivity contribution is 6.05. The normalized spacial score (nSPS) is 10.4.